The number of hydrogen-bond acceptors (Lipinski definition) is 3. The largest absolute Gasteiger partial charge is 0.421 e. The Hall–Kier alpha value is -3.69. The topological polar surface area (TPSA) is 63.1 Å². The highest BCUT2D eigenvalue weighted by Gasteiger charge is 2.55. The zero-order valence-corrected chi connectivity index (χ0v) is 18.6. The monoisotopic (exact) mass is 483 g/mol. The standard InChI is InChI=1S/C26H21F4N3O2/c1-35-15-21-20-4-2-3-5-22(20)32-23(21)13-25(34,26(28,29)30)17-6-11-24-16(12-17)14-31-33(24)19-9-7-18(27)8-10-19/h2-12,14,32,34H,13,15H2,1H3. The van der Waals surface area contributed by atoms with Gasteiger partial charge in [-0.1, -0.05) is 24.3 Å². The summed E-state index contributed by atoms with van der Waals surface area (Å²) in [5.41, 5.74) is -0.917. The summed E-state index contributed by atoms with van der Waals surface area (Å²) < 4.78 is 63.2. The number of rotatable bonds is 6. The normalized spacial score (nSPS) is 14.0. The summed E-state index contributed by atoms with van der Waals surface area (Å²) in [5, 5.41) is 16.5. The predicted molar refractivity (Wildman–Crippen MR) is 124 cm³/mol. The van der Waals surface area contributed by atoms with Crippen molar-refractivity contribution >= 4 is 21.8 Å². The Bertz CT molecular complexity index is 1510. The van der Waals surface area contributed by atoms with Crippen LogP contribution in [0.25, 0.3) is 27.5 Å². The number of H-pyrrole nitrogens is 1. The third kappa shape index (κ3) is 3.96. The molecule has 5 rings (SSSR count). The molecule has 0 bridgehead atoms. The maximum Gasteiger partial charge on any atom is 0.421 e. The number of nitrogens with one attached hydrogen (secondary N) is 1. The fraction of sp³-hybridized carbons (Fsp3) is 0.192. The first-order chi connectivity index (χ1) is 16.7. The minimum absolute atomic E-state index is 0.0940. The fourth-order valence-electron chi connectivity index (χ4n) is 4.42. The molecular formula is C26H21F4N3O2. The number of halogens is 4. The van der Waals surface area contributed by atoms with Crippen LogP contribution < -0.4 is 0 Å². The fourth-order valence-corrected chi connectivity index (χ4v) is 4.42. The van der Waals surface area contributed by atoms with Crippen molar-refractivity contribution in [2.75, 3.05) is 7.11 Å². The zero-order chi connectivity index (χ0) is 24.8. The Kier molecular flexibility index (Phi) is 5.61. The van der Waals surface area contributed by atoms with E-state index in [0.717, 1.165) is 5.39 Å². The van der Waals surface area contributed by atoms with E-state index in [1.165, 1.54) is 60.5 Å². The van der Waals surface area contributed by atoms with Crippen molar-refractivity contribution in [2.24, 2.45) is 0 Å². The predicted octanol–water partition coefficient (Wildman–Crippen LogP) is 5.78. The second-order valence-corrected chi connectivity index (χ2v) is 8.40. The van der Waals surface area contributed by atoms with Gasteiger partial charge in [0.15, 0.2) is 5.60 Å². The number of alkyl halides is 3. The van der Waals surface area contributed by atoms with Crippen molar-refractivity contribution in [1.29, 1.82) is 0 Å². The SMILES string of the molecule is COCc1c(CC(O)(c2ccc3c(cnn3-c3ccc(F)cc3)c2)C(F)(F)F)[nH]c2ccccc12. The first-order valence-electron chi connectivity index (χ1n) is 10.8. The Morgan fingerprint density at radius 2 is 1.77 bits per heavy atom. The van der Waals surface area contributed by atoms with Crippen LogP contribution in [0.2, 0.25) is 0 Å². The molecule has 0 saturated heterocycles. The Balaban J connectivity index is 1.60. The molecule has 2 N–H and O–H groups in total. The van der Waals surface area contributed by atoms with Gasteiger partial charge < -0.3 is 14.8 Å². The molecule has 0 spiro atoms. The van der Waals surface area contributed by atoms with Gasteiger partial charge in [-0.15, -0.1) is 0 Å². The lowest BCUT2D eigenvalue weighted by atomic mass is 9.86. The van der Waals surface area contributed by atoms with E-state index in [-0.39, 0.29) is 17.9 Å². The van der Waals surface area contributed by atoms with E-state index in [4.69, 9.17) is 4.74 Å². The quantitative estimate of drug-likeness (QED) is 0.301. The van der Waals surface area contributed by atoms with Crippen molar-refractivity contribution in [1.82, 2.24) is 14.8 Å². The van der Waals surface area contributed by atoms with Crippen LogP contribution in [0.5, 0.6) is 0 Å². The number of aliphatic hydroxyl groups is 1. The average molecular weight is 483 g/mol. The number of aromatic amines is 1. The molecule has 180 valence electrons. The first kappa shape index (κ1) is 23.1. The van der Waals surface area contributed by atoms with Gasteiger partial charge in [0.05, 0.1) is 24.0 Å². The summed E-state index contributed by atoms with van der Waals surface area (Å²) >= 11 is 0. The van der Waals surface area contributed by atoms with E-state index in [9.17, 15) is 22.7 Å². The summed E-state index contributed by atoms with van der Waals surface area (Å²) in [5.74, 6) is -0.410. The van der Waals surface area contributed by atoms with Crippen LogP contribution in [0.1, 0.15) is 16.8 Å². The van der Waals surface area contributed by atoms with Gasteiger partial charge >= 0.3 is 6.18 Å². The number of aromatic nitrogens is 3. The Labute approximate surface area is 197 Å². The van der Waals surface area contributed by atoms with Gasteiger partial charge in [0.25, 0.3) is 0 Å². The molecule has 0 aliphatic heterocycles. The van der Waals surface area contributed by atoms with Crippen molar-refractivity contribution in [3.8, 4) is 5.69 Å². The molecule has 5 nitrogen and oxygen atoms in total. The molecule has 0 aliphatic carbocycles. The lowest BCUT2D eigenvalue weighted by molar-refractivity contribution is -0.266. The van der Waals surface area contributed by atoms with Gasteiger partial charge in [0.1, 0.15) is 5.82 Å². The van der Waals surface area contributed by atoms with Crippen molar-refractivity contribution < 1.29 is 27.4 Å². The molecule has 0 aliphatic rings. The van der Waals surface area contributed by atoms with E-state index >= 15 is 0 Å². The Morgan fingerprint density at radius 3 is 2.49 bits per heavy atom. The van der Waals surface area contributed by atoms with Crippen LogP contribution in [-0.2, 0) is 23.4 Å². The highest BCUT2D eigenvalue weighted by Crippen LogP contribution is 2.43. The molecule has 3 aromatic carbocycles. The number of ether oxygens (including phenoxy) is 1. The molecule has 1 unspecified atom stereocenters. The van der Waals surface area contributed by atoms with Crippen LogP contribution in [-0.4, -0.2) is 33.2 Å². The van der Waals surface area contributed by atoms with Crippen molar-refractivity contribution in [3.63, 3.8) is 0 Å². The number of hydrogen-bond donors (Lipinski definition) is 2. The highest BCUT2D eigenvalue weighted by molar-refractivity contribution is 5.85. The lowest BCUT2D eigenvalue weighted by Gasteiger charge is -2.31. The van der Waals surface area contributed by atoms with E-state index in [1.54, 1.807) is 24.3 Å². The molecule has 1 atom stereocenters. The third-order valence-corrected chi connectivity index (χ3v) is 6.21. The molecule has 0 fully saturated rings. The third-order valence-electron chi connectivity index (χ3n) is 6.21. The highest BCUT2D eigenvalue weighted by atomic mass is 19.4. The maximum absolute atomic E-state index is 14.4. The van der Waals surface area contributed by atoms with Crippen LogP contribution in [0, 0.1) is 5.82 Å². The summed E-state index contributed by atoms with van der Waals surface area (Å²) in [7, 11) is 1.47. The molecule has 35 heavy (non-hydrogen) atoms. The molecule has 5 aromatic rings. The molecule has 0 radical (unpaired) electrons. The number of benzene rings is 3. The summed E-state index contributed by atoms with van der Waals surface area (Å²) in [4.78, 5) is 3.03. The molecular weight excluding hydrogens is 462 g/mol. The van der Waals surface area contributed by atoms with Gasteiger partial charge in [-0.25, -0.2) is 9.07 Å². The summed E-state index contributed by atoms with van der Waals surface area (Å²) in [6.45, 7) is 0.0940. The van der Waals surface area contributed by atoms with Crippen LogP contribution in [0.15, 0.2) is 72.9 Å². The van der Waals surface area contributed by atoms with Gasteiger partial charge in [-0.2, -0.15) is 18.3 Å². The van der Waals surface area contributed by atoms with E-state index in [2.05, 4.69) is 10.1 Å². The van der Waals surface area contributed by atoms with E-state index in [1.807, 2.05) is 0 Å². The maximum atomic E-state index is 14.4. The van der Waals surface area contributed by atoms with Crippen molar-refractivity contribution in [2.45, 2.75) is 24.8 Å². The van der Waals surface area contributed by atoms with Gasteiger partial charge in [-0.05, 0) is 48.0 Å². The second kappa shape index (κ2) is 8.51. The number of fused-ring (bicyclic) bond motifs is 2. The number of nitrogens with zero attached hydrogens (tertiary/aromatic N) is 2. The number of methoxy groups -OCH3 is 1. The molecule has 0 saturated carbocycles. The smallest absolute Gasteiger partial charge is 0.380 e. The molecule has 9 heteroatoms. The van der Waals surface area contributed by atoms with E-state index < -0.39 is 24.0 Å². The summed E-state index contributed by atoms with van der Waals surface area (Å²) in [6.07, 6.45) is -4.27. The molecule has 2 heterocycles. The van der Waals surface area contributed by atoms with Crippen LogP contribution >= 0.6 is 0 Å². The zero-order valence-electron chi connectivity index (χ0n) is 18.6. The second-order valence-electron chi connectivity index (χ2n) is 8.40. The Morgan fingerprint density at radius 1 is 1.03 bits per heavy atom. The minimum atomic E-state index is -4.96. The van der Waals surface area contributed by atoms with E-state index in [0.29, 0.717) is 27.7 Å². The van der Waals surface area contributed by atoms with Crippen LogP contribution in [0.3, 0.4) is 0 Å². The van der Waals surface area contributed by atoms with Gasteiger partial charge in [0.2, 0.25) is 0 Å². The number of para-hydroxylation sites is 1. The lowest BCUT2D eigenvalue weighted by Crippen LogP contribution is -2.44. The molecule has 2 aromatic heterocycles. The first-order valence-corrected chi connectivity index (χ1v) is 10.8. The van der Waals surface area contributed by atoms with Gasteiger partial charge in [0, 0.05) is 41.1 Å². The average Bonchev–Trinajstić information content (AvgIpc) is 3.40. The molecule has 0 amide bonds. The van der Waals surface area contributed by atoms with Crippen molar-refractivity contribution in [3.05, 3.63) is 95.6 Å². The summed E-state index contributed by atoms with van der Waals surface area (Å²) in [6, 6.07) is 16.7. The minimum Gasteiger partial charge on any atom is -0.380 e. The van der Waals surface area contributed by atoms with Gasteiger partial charge in [-0.3, -0.25) is 0 Å². The van der Waals surface area contributed by atoms with Crippen LogP contribution in [0.4, 0.5) is 17.6 Å².